The number of nitriles is 1. The van der Waals surface area contributed by atoms with Crippen LogP contribution in [0.4, 0.5) is 5.69 Å². The van der Waals surface area contributed by atoms with Crippen LogP contribution in [-0.4, -0.2) is 17.1 Å². The zero-order chi connectivity index (χ0) is 26.5. The highest BCUT2D eigenvalue weighted by molar-refractivity contribution is 7.07. The lowest BCUT2D eigenvalue weighted by Crippen LogP contribution is -2.32. The maximum Gasteiger partial charge on any atom is 0.273 e. The van der Waals surface area contributed by atoms with E-state index in [9.17, 15) is 14.9 Å². The number of ether oxygens (including phenoxy) is 1. The van der Waals surface area contributed by atoms with Crippen LogP contribution in [-0.2, 0) is 4.79 Å². The van der Waals surface area contributed by atoms with E-state index < -0.39 is 11.5 Å². The Bertz CT molecular complexity index is 1710. The Morgan fingerprint density at radius 3 is 2.49 bits per heavy atom. The molecule has 0 spiro atoms. The molecule has 0 fully saturated rings. The summed E-state index contributed by atoms with van der Waals surface area (Å²) in [5.41, 5.74) is 0.654. The number of carbonyl (C=O) groups excluding carboxylic acids is 1. The Morgan fingerprint density at radius 2 is 1.78 bits per heavy atom. The highest BCUT2D eigenvalue weighted by atomic mass is 35.5. The van der Waals surface area contributed by atoms with Gasteiger partial charge in [0.05, 0.1) is 27.5 Å². The molecule has 0 aliphatic rings. The molecular formula is C27H18Cl3N3O3S. The van der Waals surface area contributed by atoms with Crippen molar-refractivity contribution in [2.75, 3.05) is 11.9 Å². The minimum atomic E-state index is -0.734. The second kappa shape index (κ2) is 11.7. The van der Waals surface area contributed by atoms with Crippen molar-refractivity contribution in [3.05, 3.63) is 107 Å². The molecular weight excluding hydrogens is 553 g/mol. The summed E-state index contributed by atoms with van der Waals surface area (Å²) in [6.07, 6.45) is 1.63. The van der Waals surface area contributed by atoms with Crippen LogP contribution in [0.1, 0.15) is 12.5 Å². The van der Waals surface area contributed by atoms with Gasteiger partial charge in [-0.05, 0) is 61.5 Å². The third-order valence-electron chi connectivity index (χ3n) is 5.13. The largest absolute Gasteiger partial charge is 0.493 e. The lowest BCUT2D eigenvalue weighted by atomic mass is 10.2. The Balaban J connectivity index is 1.98. The van der Waals surface area contributed by atoms with Gasteiger partial charge in [0.1, 0.15) is 16.5 Å². The molecule has 6 nitrogen and oxygen atoms in total. The molecule has 1 aromatic heterocycles. The third kappa shape index (κ3) is 5.90. The highest BCUT2D eigenvalue weighted by Crippen LogP contribution is 2.26. The average molecular weight is 571 g/mol. The second-order valence-corrected chi connectivity index (χ2v) is 9.88. The Morgan fingerprint density at radius 1 is 1.08 bits per heavy atom. The number of rotatable bonds is 6. The van der Waals surface area contributed by atoms with E-state index in [1.54, 1.807) is 60.7 Å². The smallest absolute Gasteiger partial charge is 0.273 e. The summed E-state index contributed by atoms with van der Waals surface area (Å²) in [7, 11) is 0. The molecule has 1 N–H and O–H groups in total. The number of aromatic nitrogens is 1. The van der Waals surface area contributed by atoms with E-state index in [0.717, 1.165) is 11.3 Å². The molecule has 4 rings (SSSR count). The Labute approximate surface area is 231 Å². The van der Waals surface area contributed by atoms with Gasteiger partial charge in [0.2, 0.25) is 0 Å². The number of thiazole rings is 1. The molecule has 0 atom stereocenters. The van der Waals surface area contributed by atoms with Gasteiger partial charge in [-0.15, -0.1) is 11.3 Å². The van der Waals surface area contributed by atoms with Crippen molar-refractivity contribution < 1.29 is 9.53 Å². The summed E-state index contributed by atoms with van der Waals surface area (Å²) in [6.45, 7) is 2.27. The first-order valence-electron chi connectivity index (χ1n) is 10.9. The molecule has 0 unspecified atom stereocenters. The minimum absolute atomic E-state index is 0.153. The molecule has 0 saturated heterocycles. The first-order chi connectivity index (χ1) is 17.8. The number of halogens is 3. The molecule has 0 aliphatic carbocycles. The number of hydrogen-bond donors (Lipinski definition) is 1. The predicted molar refractivity (Wildman–Crippen MR) is 149 cm³/mol. The zero-order valence-electron chi connectivity index (χ0n) is 19.3. The lowest BCUT2D eigenvalue weighted by molar-refractivity contribution is -0.111. The summed E-state index contributed by atoms with van der Waals surface area (Å²) < 4.78 is 7.45. The van der Waals surface area contributed by atoms with E-state index in [2.05, 4.69) is 5.32 Å². The molecule has 0 bridgehead atoms. The van der Waals surface area contributed by atoms with Gasteiger partial charge < -0.3 is 10.1 Å². The van der Waals surface area contributed by atoms with Crippen LogP contribution in [0, 0.1) is 11.3 Å². The summed E-state index contributed by atoms with van der Waals surface area (Å²) >= 11 is 19.4. The van der Waals surface area contributed by atoms with Gasteiger partial charge in [-0.2, -0.15) is 5.26 Å². The van der Waals surface area contributed by atoms with Gasteiger partial charge in [-0.3, -0.25) is 14.2 Å². The molecule has 10 heteroatoms. The molecule has 0 radical (unpaired) electrons. The zero-order valence-corrected chi connectivity index (χ0v) is 22.4. The summed E-state index contributed by atoms with van der Waals surface area (Å²) in [5, 5.41) is 13.7. The van der Waals surface area contributed by atoms with Crippen molar-refractivity contribution in [1.82, 2.24) is 4.57 Å². The third-order valence-corrected chi connectivity index (χ3v) is 7.02. The van der Waals surface area contributed by atoms with Crippen LogP contribution in [0.5, 0.6) is 5.75 Å². The van der Waals surface area contributed by atoms with Gasteiger partial charge in [-0.1, -0.05) is 53.0 Å². The maximum absolute atomic E-state index is 13.6. The Kier molecular flexibility index (Phi) is 8.37. The molecule has 1 amide bonds. The minimum Gasteiger partial charge on any atom is -0.493 e. The predicted octanol–water partition coefficient (Wildman–Crippen LogP) is 5.40. The van der Waals surface area contributed by atoms with Crippen molar-refractivity contribution in [3.63, 3.8) is 0 Å². The normalized spacial score (nSPS) is 12.1. The van der Waals surface area contributed by atoms with Crippen LogP contribution >= 0.6 is 46.1 Å². The summed E-state index contributed by atoms with van der Waals surface area (Å²) in [6, 6.07) is 20.4. The number of benzene rings is 3. The number of amides is 1. The fourth-order valence-corrected chi connectivity index (χ4v) is 5.11. The Hall–Kier alpha value is -3.54. The van der Waals surface area contributed by atoms with Gasteiger partial charge in [0.15, 0.2) is 5.57 Å². The van der Waals surface area contributed by atoms with E-state index in [0.29, 0.717) is 33.7 Å². The summed E-state index contributed by atoms with van der Waals surface area (Å²) in [5.74, 6) is -0.188. The fraction of sp³-hybridized carbons (Fsp3) is 0.0741. The topological polar surface area (TPSA) is 84.1 Å². The van der Waals surface area contributed by atoms with E-state index in [1.807, 2.05) is 13.0 Å². The van der Waals surface area contributed by atoms with Crippen LogP contribution in [0.2, 0.25) is 15.1 Å². The average Bonchev–Trinajstić information content (AvgIpc) is 3.19. The summed E-state index contributed by atoms with van der Waals surface area (Å²) in [4.78, 5) is 26.8. The van der Waals surface area contributed by atoms with Gasteiger partial charge in [0.25, 0.3) is 11.5 Å². The first-order valence-corrected chi connectivity index (χ1v) is 12.9. The number of hydrogen-bond acceptors (Lipinski definition) is 5. The highest BCUT2D eigenvalue weighted by Gasteiger charge is 2.18. The van der Waals surface area contributed by atoms with Crippen LogP contribution < -0.4 is 24.8 Å². The van der Waals surface area contributed by atoms with E-state index in [4.69, 9.17) is 39.5 Å². The van der Waals surface area contributed by atoms with E-state index in [1.165, 1.54) is 16.7 Å². The second-order valence-electron chi connectivity index (χ2n) is 7.57. The molecule has 0 saturated carbocycles. The lowest BCUT2D eigenvalue weighted by Gasteiger charge is -2.07. The van der Waals surface area contributed by atoms with Crippen molar-refractivity contribution in [2.24, 2.45) is 0 Å². The van der Waals surface area contributed by atoms with Crippen LogP contribution in [0.3, 0.4) is 0 Å². The van der Waals surface area contributed by atoms with Crippen molar-refractivity contribution in [2.45, 2.75) is 6.92 Å². The number of anilines is 1. The fourth-order valence-electron chi connectivity index (χ4n) is 3.50. The standard InChI is InChI=1S/C27H18Cl3N3O3S/c1-2-36-23-11-9-17(28)12-16(23)13-24-26(35)33(19-6-4-3-5-7-19)27(37-24)20(15-31)25(34)32-22-14-18(29)8-10-21(22)30/h3-14H,2H2,1H3,(H,32,34)/b24-13+,27-20-. The number of carbonyl (C=O) groups is 1. The number of nitrogens with one attached hydrogen (secondary N) is 1. The molecule has 3 aromatic carbocycles. The molecule has 186 valence electrons. The van der Waals surface area contributed by atoms with E-state index >= 15 is 0 Å². The van der Waals surface area contributed by atoms with Gasteiger partial charge >= 0.3 is 0 Å². The van der Waals surface area contributed by atoms with Crippen LogP contribution in [0.25, 0.3) is 17.3 Å². The quantitative estimate of drug-likeness (QED) is 0.336. The van der Waals surface area contributed by atoms with Crippen LogP contribution in [0.15, 0.2) is 71.5 Å². The van der Waals surface area contributed by atoms with Crippen molar-refractivity contribution >= 4 is 69.4 Å². The first kappa shape index (κ1) is 26.5. The van der Waals surface area contributed by atoms with Gasteiger partial charge in [-0.25, -0.2) is 0 Å². The van der Waals surface area contributed by atoms with Crippen molar-refractivity contribution in [3.8, 4) is 17.5 Å². The molecule has 1 heterocycles. The number of nitrogens with zero attached hydrogens (tertiary/aromatic N) is 2. The monoisotopic (exact) mass is 569 g/mol. The van der Waals surface area contributed by atoms with Gasteiger partial charge in [0, 0.05) is 15.6 Å². The molecule has 0 aliphatic heterocycles. The maximum atomic E-state index is 13.6. The number of para-hydroxylation sites is 1. The molecule has 37 heavy (non-hydrogen) atoms. The molecule has 4 aromatic rings. The van der Waals surface area contributed by atoms with Crippen molar-refractivity contribution in [1.29, 1.82) is 5.26 Å². The van der Waals surface area contributed by atoms with E-state index in [-0.39, 0.29) is 25.5 Å². The SMILES string of the molecule is CCOc1ccc(Cl)cc1/C=c1/s/c(=C(/C#N)C(=O)Nc2cc(Cl)ccc2Cl)n(-c2ccccc2)c1=O.